The topological polar surface area (TPSA) is 52.4 Å². The summed E-state index contributed by atoms with van der Waals surface area (Å²) in [6, 6.07) is 7.71. The highest BCUT2D eigenvalue weighted by molar-refractivity contribution is 6.62. The van der Waals surface area contributed by atoms with Gasteiger partial charge in [0.25, 0.3) is 0 Å². The molecule has 0 aliphatic carbocycles. The molecule has 0 N–H and O–H groups in total. The van der Waals surface area contributed by atoms with Crippen molar-refractivity contribution >= 4 is 18.3 Å². The van der Waals surface area contributed by atoms with Gasteiger partial charge in [-0.2, -0.15) is 13.2 Å². The molecule has 0 bridgehead atoms. The van der Waals surface area contributed by atoms with E-state index in [4.69, 9.17) is 9.31 Å². The van der Waals surface area contributed by atoms with Gasteiger partial charge in [0, 0.05) is 18.8 Å². The number of fused-ring (bicyclic) bond motifs is 1. The lowest BCUT2D eigenvalue weighted by Gasteiger charge is -2.32. The molecule has 1 aromatic heterocycles. The summed E-state index contributed by atoms with van der Waals surface area (Å²) in [7, 11) is -0.446. The van der Waals surface area contributed by atoms with Crippen molar-refractivity contribution in [2.45, 2.75) is 58.2 Å². The fourth-order valence-electron chi connectivity index (χ4n) is 3.41. The molecule has 4 rings (SSSR count). The predicted molar refractivity (Wildman–Crippen MR) is 98.2 cm³/mol. The van der Waals surface area contributed by atoms with Gasteiger partial charge in [-0.05, 0) is 45.3 Å². The van der Waals surface area contributed by atoms with Crippen LogP contribution in [-0.2, 0) is 28.6 Å². The molecular formula is C18H22BF3N4O2. The number of halogens is 3. The molecule has 0 unspecified atom stereocenters. The molecule has 2 aromatic rings. The van der Waals surface area contributed by atoms with Gasteiger partial charge in [-0.1, -0.05) is 12.1 Å². The summed E-state index contributed by atoms with van der Waals surface area (Å²) in [5.41, 5.74) is 0.984. The molecule has 0 spiro atoms. The molecular weight excluding hydrogens is 372 g/mol. The van der Waals surface area contributed by atoms with Crippen molar-refractivity contribution in [2.24, 2.45) is 0 Å². The van der Waals surface area contributed by atoms with Gasteiger partial charge in [0.05, 0.1) is 17.7 Å². The minimum atomic E-state index is -4.49. The van der Waals surface area contributed by atoms with E-state index in [0.717, 1.165) is 15.7 Å². The van der Waals surface area contributed by atoms with Crippen LogP contribution in [0.1, 0.15) is 39.3 Å². The van der Waals surface area contributed by atoms with Crippen LogP contribution in [0.4, 0.5) is 18.9 Å². The summed E-state index contributed by atoms with van der Waals surface area (Å²) in [6.07, 6.45) is -4.49. The van der Waals surface area contributed by atoms with Gasteiger partial charge in [-0.3, -0.25) is 0 Å². The molecule has 3 heterocycles. The number of hydrogen-bond donors (Lipinski definition) is 0. The Balaban J connectivity index is 1.49. The Morgan fingerprint density at radius 1 is 0.964 bits per heavy atom. The quantitative estimate of drug-likeness (QED) is 0.734. The summed E-state index contributed by atoms with van der Waals surface area (Å²) < 4.78 is 52.2. The van der Waals surface area contributed by atoms with Crippen LogP contribution in [0.2, 0.25) is 0 Å². The first-order valence-corrected chi connectivity index (χ1v) is 9.18. The number of benzene rings is 1. The van der Waals surface area contributed by atoms with Crippen LogP contribution in [0.5, 0.6) is 0 Å². The van der Waals surface area contributed by atoms with Crippen LogP contribution in [0.15, 0.2) is 24.3 Å². The Hall–Kier alpha value is -2.07. The molecule has 0 radical (unpaired) electrons. The maximum Gasteiger partial charge on any atom is 0.494 e. The number of aromatic nitrogens is 3. The highest BCUT2D eigenvalue weighted by Crippen LogP contribution is 2.36. The largest absolute Gasteiger partial charge is 0.494 e. The van der Waals surface area contributed by atoms with Crippen molar-refractivity contribution in [3.05, 3.63) is 35.9 Å². The first kappa shape index (κ1) is 19.3. The normalized spacial score (nSPS) is 21.1. The fraction of sp³-hybridized carbons (Fsp3) is 0.556. The summed E-state index contributed by atoms with van der Waals surface area (Å²) in [5.74, 6) is -0.619. The minimum Gasteiger partial charge on any atom is -0.399 e. The van der Waals surface area contributed by atoms with Gasteiger partial charge < -0.3 is 18.8 Å². The number of alkyl halides is 3. The molecule has 1 saturated heterocycles. The summed E-state index contributed by atoms with van der Waals surface area (Å²) in [4.78, 5) is 1.98. The molecule has 2 aliphatic heterocycles. The Kier molecular flexibility index (Phi) is 4.28. The maximum absolute atomic E-state index is 13.0. The highest BCUT2D eigenvalue weighted by atomic mass is 19.4. The zero-order valence-corrected chi connectivity index (χ0v) is 16.2. The lowest BCUT2D eigenvalue weighted by molar-refractivity contribution is -0.147. The number of hydrogen-bond acceptors (Lipinski definition) is 5. The SMILES string of the molecule is CC1(C)OB(c2ccc(N3CCn4c(nnc4C(F)(F)F)C3)cc2)OC1(C)C. The molecule has 0 saturated carbocycles. The highest BCUT2D eigenvalue weighted by Gasteiger charge is 2.51. The van der Waals surface area contributed by atoms with Crippen molar-refractivity contribution < 1.29 is 22.5 Å². The van der Waals surface area contributed by atoms with E-state index in [-0.39, 0.29) is 13.1 Å². The Morgan fingerprint density at radius 3 is 2.14 bits per heavy atom. The lowest BCUT2D eigenvalue weighted by Crippen LogP contribution is -2.41. The average molecular weight is 394 g/mol. The van der Waals surface area contributed by atoms with Gasteiger partial charge in [0.15, 0.2) is 5.82 Å². The average Bonchev–Trinajstić information content (AvgIpc) is 3.12. The fourth-order valence-corrected chi connectivity index (χ4v) is 3.41. The molecule has 150 valence electrons. The molecule has 10 heteroatoms. The third-order valence-electron chi connectivity index (χ3n) is 5.79. The minimum absolute atomic E-state index is 0.191. The molecule has 0 atom stereocenters. The van der Waals surface area contributed by atoms with Gasteiger partial charge in [-0.25, -0.2) is 0 Å². The first-order chi connectivity index (χ1) is 13.0. The second-order valence-electron chi connectivity index (χ2n) is 8.19. The second kappa shape index (κ2) is 6.22. The third-order valence-corrected chi connectivity index (χ3v) is 5.79. The predicted octanol–water partition coefficient (Wildman–Crippen LogP) is 2.62. The standard InChI is InChI=1S/C18H22BF3N4O2/c1-16(2)17(3,4)28-19(27-16)12-5-7-13(8-6-12)25-9-10-26-14(11-25)23-24-15(26)18(20,21)22/h5-8H,9-11H2,1-4H3. The van der Waals surface area contributed by atoms with E-state index < -0.39 is 30.3 Å². The number of rotatable bonds is 2. The van der Waals surface area contributed by atoms with E-state index in [1.54, 1.807) is 0 Å². The Labute approximate surface area is 161 Å². The number of nitrogens with zero attached hydrogens (tertiary/aromatic N) is 4. The van der Waals surface area contributed by atoms with Crippen LogP contribution >= 0.6 is 0 Å². The maximum atomic E-state index is 13.0. The van der Waals surface area contributed by atoms with E-state index in [2.05, 4.69) is 10.2 Å². The van der Waals surface area contributed by atoms with Crippen LogP contribution < -0.4 is 10.4 Å². The van der Waals surface area contributed by atoms with E-state index in [9.17, 15) is 13.2 Å². The van der Waals surface area contributed by atoms with Gasteiger partial charge >= 0.3 is 13.3 Å². The van der Waals surface area contributed by atoms with Crippen LogP contribution in [0, 0.1) is 0 Å². The van der Waals surface area contributed by atoms with E-state index >= 15 is 0 Å². The van der Waals surface area contributed by atoms with E-state index in [1.165, 1.54) is 0 Å². The van der Waals surface area contributed by atoms with E-state index in [0.29, 0.717) is 12.4 Å². The monoisotopic (exact) mass is 394 g/mol. The second-order valence-corrected chi connectivity index (χ2v) is 8.19. The Morgan fingerprint density at radius 2 is 1.57 bits per heavy atom. The van der Waals surface area contributed by atoms with Crippen LogP contribution in [0.3, 0.4) is 0 Å². The van der Waals surface area contributed by atoms with Crippen LogP contribution in [-0.4, -0.2) is 39.6 Å². The molecule has 28 heavy (non-hydrogen) atoms. The van der Waals surface area contributed by atoms with Crippen molar-refractivity contribution in [2.75, 3.05) is 11.4 Å². The van der Waals surface area contributed by atoms with Gasteiger partial charge in [-0.15, -0.1) is 10.2 Å². The zero-order chi connectivity index (χ0) is 20.3. The van der Waals surface area contributed by atoms with Crippen LogP contribution in [0.25, 0.3) is 0 Å². The van der Waals surface area contributed by atoms with Gasteiger partial charge in [0.2, 0.25) is 5.82 Å². The molecule has 1 fully saturated rings. The van der Waals surface area contributed by atoms with Gasteiger partial charge in [0.1, 0.15) is 0 Å². The summed E-state index contributed by atoms with van der Waals surface area (Å²) >= 11 is 0. The zero-order valence-electron chi connectivity index (χ0n) is 16.2. The molecule has 2 aliphatic rings. The summed E-state index contributed by atoms with van der Waals surface area (Å²) in [6.45, 7) is 8.92. The first-order valence-electron chi connectivity index (χ1n) is 9.18. The molecule has 6 nitrogen and oxygen atoms in total. The summed E-state index contributed by atoms with van der Waals surface area (Å²) in [5, 5.41) is 7.04. The van der Waals surface area contributed by atoms with Crippen molar-refractivity contribution in [1.82, 2.24) is 14.8 Å². The molecule has 0 amide bonds. The third kappa shape index (κ3) is 3.18. The lowest BCUT2D eigenvalue weighted by atomic mass is 9.79. The Bertz CT molecular complexity index is 864. The smallest absolute Gasteiger partial charge is 0.399 e. The van der Waals surface area contributed by atoms with Crippen molar-refractivity contribution in [3.63, 3.8) is 0 Å². The number of anilines is 1. The van der Waals surface area contributed by atoms with Crippen molar-refractivity contribution in [3.8, 4) is 0 Å². The van der Waals surface area contributed by atoms with Crippen molar-refractivity contribution in [1.29, 1.82) is 0 Å². The van der Waals surface area contributed by atoms with E-state index in [1.807, 2.05) is 56.9 Å². The molecule has 1 aromatic carbocycles.